The van der Waals surface area contributed by atoms with Crippen molar-refractivity contribution in [3.05, 3.63) is 110 Å². The molecule has 10 nitrogen and oxygen atoms in total. The number of carbonyl (C=O) groups is 3. The van der Waals surface area contributed by atoms with Crippen molar-refractivity contribution in [3.8, 4) is 0 Å². The molecule has 1 amide bonds. The minimum atomic E-state index is -1.22. The van der Waals surface area contributed by atoms with Crippen molar-refractivity contribution < 1.29 is 28.8 Å². The van der Waals surface area contributed by atoms with Gasteiger partial charge < -0.3 is 19.4 Å². The number of benzene rings is 3. The number of nitrogens with one attached hydrogen (secondary N) is 1. The molecule has 1 aliphatic heterocycles. The molecule has 1 aromatic heterocycles. The fourth-order valence-electron chi connectivity index (χ4n) is 5.11. The third-order valence-electron chi connectivity index (χ3n) is 7.29. The first-order chi connectivity index (χ1) is 20.0. The fourth-order valence-corrected chi connectivity index (χ4v) is 5.47. The number of aromatic amines is 1. The zero-order valence-electron chi connectivity index (χ0n) is 22.9. The van der Waals surface area contributed by atoms with Crippen LogP contribution in [-0.4, -0.2) is 46.9 Å². The molecule has 1 N–H and O–H groups in total. The van der Waals surface area contributed by atoms with Crippen LogP contribution in [0.15, 0.2) is 83.5 Å². The van der Waals surface area contributed by atoms with Crippen molar-refractivity contribution >= 4 is 50.4 Å². The normalized spacial score (nSPS) is 16.8. The van der Waals surface area contributed by atoms with E-state index in [1.54, 1.807) is 56.4 Å². The smallest absolute Gasteiger partial charge is 0.338 e. The number of amides is 1. The van der Waals surface area contributed by atoms with Crippen LogP contribution in [0.2, 0.25) is 0 Å². The van der Waals surface area contributed by atoms with E-state index in [-0.39, 0.29) is 13.2 Å². The van der Waals surface area contributed by atoms with Crippen LogP contribution >= 0.6 is 15.9 Å². The molecule has 0 spiro atoms. The lowest BCUT2D eigenvalue weighted by Crippen LogP contribution is -2.38. The predicted octanol–water partition coefficient (Wildman–Crippen LogP) is 5.63. The van der Waals surface area contributed by atoms with E-state index in [4.69, 9.17) is 9.47 Å². The van der Waals surface area contributed by atoms with Gasteiger partial charge in [0.05, 0.1) is 5.56 Å². The maximum absolute atomic E-state index is 13.5. The van der Waals surface area contributed by atoms with E-state index in [1.165, 1.54) is 4.90 Å². The first-order valence-corrected chi connectivity index (χ1v) is 14.0. The lowest BCUT2D eigenvalue weighted by Gasteiger charge is -2.24. The summed E-state index contributed by atoms with van der Waals surface area (Å²) in [6.07, 6.45) is 0.402. The number of anilines is 1. The highest BCUT2D eigenvalue weighted by atomic mass is 79.9. The Morgan fingerprint density at radius 3 is 2.52 bits per heavy atom. The largest absolute Gasteiger partial charge is 0.457 e. The van der Waals surface area contributed by atoms with Gasteiger partial charge in [-0.25, -0.2) is 4.79 Å². The Bertz CT molecular complexity index is 1650. The van der Waals surface area contributed by atoms with Gasteiger partial charge in [0.25, 0.3) is 5.91 Å². The summed E-state index contributed by atoms with van der Waals surface area (Å²) >= 11 is 3.40. The van der Waals surface area contributed by atoms with E-state index in [0.717, 1.165) is 10.0 Å². The Hall–Kier alpha value is -4.51. The fraction of sp³-hybridized carbons (Fsp3) is 0.258. The van der Waals surface area contributed by atoms with Crippen molar-refractivity contribution in [3.63, 3.8) is 0 Å². The van der Waals surface area contributed by atoms with Crippen LogP contribution in [0.5, 0.6) is 0 Å². The van der Waals surface area contributed by atoms with Gasteiger partial charge in [0.1, 0.15) is 12.5 Å². The van der Waals surface area contributed by atoms with Crippen molar-refractivity contribution in [1.82, 2.24) is 4.98 Å². The van der Waals surface area contributed by atoms with Crippen molar-refractivity contribution in [2.75, 3.05) is 18.0 Å². The molecule has 0 bridgehead atoms. The van der Waals surface area contributed by atoms with Crippen LogP contribution in [0.3, 0.4) is 0 Å². The standard InChI is InChI=1S/C31H28BrN3O7/c1-31(2)18-34(22-11-8-20(9-12-22)29(37)41-17-19-6-4-3-5-7-19)28(36)27(31)42-30(38)25(16-35(39)40)24-15-33-26-13-10-21(32)14-23(24)26/h3-15,25,27,33H,16-18H2,1-2H3/t25-,27+/m1/s1. The van der Waals surface area contributed by atoms with Crippen molar-refractivity contribution in [2.24, 2.45) is 5.41 Å². The Morgan fingerprint density at radius 1 is 1.12 bits per heavy atom. The third-order valence-corrected chi connectivity index (χ3v) is 7.79. The van der Waals surface area contributed by atoms with Gasteiger partial charge in [0, 0.05) is 44.1 Å². The number of H-pyrrole nitrogens is 1. The maximum Gasteiger partial charge on any atom is 0.338 e. The van der Waals surface area contributed by atoms with Gasteiger partial charge in [0.15, 0.2) is 6.10 Å². The number of nitrogens with zero attached hydrogens (tertiary/aromatic N) is 2. The predicted molar refractivity (Wildman–Crippen MR) is 159 cm³/mol. The zero-order valence-corrected chi connectivity index (χ0v) is 24.5. The molecule has 0 aliphatic carbocycles. The molecule has 3 aromatic carbocycles. The molecule has 2 atom stereocenters. The van der Waals surface area contributed by atoms with Crippen molar-refractivity contribution in [1.29, 1.82) is 0 Å². The molecule has 1 fully saturated rings. The summed E-state index contributed by atoms with van der Waals surface area (Å²) in [4.78, 5) is 55.0. The number of hydrogen-bond donors (Lipinski definition) is 1. The first kappa shape index (κ1) is 29.0. The van der Waals surface area contributed by atoms with Crippen LogP contribution in [-0.2, 0) is 25.7 Å². The number of halogens is 1. The number of nitro groups is 1. The molecule has 2 heterocycles. The number of aromatic nitrogens is 1. The summed E-state index contributed by atoms with van der Waals surface area (Å²) < 4.78 is 11.9. The second-order valence-corrected chi connectivity index (χ2v) is 11.8. The average molecular weight is 634 g/mol. The molecule has 0 saturated carbocycles. The number of rotatable bonds is 9. The van der Waals surface area contributed by atoms with E-state index in [9.17, 15) is 24.5 Å². The Labute approximate surface area is 249 Å². The summed E-state index contributed by atoms with van der Waals surface area (Å²) in [7, 11) is 0. The molecular formula is C31H28BrN3O7. The molecule has 1 aliphatic rings. The van der Waals surface area contributed by atoms with Crippen LogP contribution in [0.4, 0.5) is 5.69 Å². The molecule has 0 unspecified atom stereocenters. The summed E-state index contributed by atoms with van der Waals surface area (Å²) in [6, 6.07) is 21.1. The second kappa shape index (κ2) is 11.8. The molecule has 5 rings (SSSR count). The maximum atomic E-state index is 13.5. The van der Waals surface area contributed by atoms with Gasteiger partial charge in [-0.1, -0.05) is 60.1 Å². The van der Waals surface area contributed by atoms with E-state index >= 15 is 0 Å². The SMILES string of the molecule is CC1(C)CN(c2ccc(C(=O)OCc3ccccc3)cc2)C(=O)[C@@H]1OC(=O)[C@H](C[N+](=O)[O-])c1c[nH]c2ccc(Br)cc12. The minimum Gasteiger partial charge on any atom is -0.457 e. The minimum absolute atomic E-state index is 0.139. The van der Waals surface area contributed by atoms with Crippen LogP contribution < -0.4 is 4.90 Å². The monoisotopic (exact) mass is 633 g/mol. The average Bonchev–Trinajstić information content (AvgIpc) is 3.48. The first-order valence-electron chi connectivity index (χ1n) is 13.2. The van der Waals surface area contributed by atoms with Gasteiger partial charge in [0.2, 0.25) is 6.54 Å². The number of ether oxygens (including phenoxy) is 2. The van der Waals surface area contributed by atoms with Gasteiger partial charge in [-0.15, -0.1) is 0 Å². The highest BCUT2D eigenvalue weighted by Gasteiger charge is 2.50. The lowest BCUT2D eigenvalue weighted by molar-refractivity contribution is -0.481. The van der Waals surface area contributed by atoms with Gasteiger partial charge in [-0.05, 0) is 53.6 Å². The third kappa shape index (κ3) is 6.06. The number of carbonyl (C=O) groups excluding carboxylic acids is 3. The van der Waals surface area contributed by atoms with Gasteiger partial charge >= 0.3 is 11.9 Å². The van der Waals surface area contributed by atoms with E-state index in [1.807, 2.05) is 36.4 Å². The molecule has 42 heavy (non-hydrogen) atoms. The molecular weight excluding hydrogens is 606 g/mol. The van der Waals surface area contributed by atoms with Crippen LogP contribution in [0, 0.1) is 15.5 Å². The van der Waals surface area contributed by atoms with Crippen LogP contribution in [0.1, 0.15) is 41.3 Å². The van der Waals surface area contributed by atoms with Crippen LogP contribution in [0.25, 0.3) is 10.9 Å². The van der Waals surface area contributed by atoms with E-state index in [2.05, 4.69) is 20.9 Å². The second-order valence-electron chi connectivity index (χ2n) is 10.8. The van der Waals surface area contributed by atoms with E-state index in [0.29, 0.717) is 27.7 Å². The molecule has 4 aromatic rings. The van der Waals surface area contributed by atoms with Gasteiger partial charge in [-0.2, -0.15) is 0 Å². The summed E-state index contributed by atoms with van der Waals surface area (Å²) in [5.41, 5.74) is 2.06. The quantitative estimate of drug-likeness (QED) is 0.143. The summed E-state index contributed by atoms with van der Waals surface area (Å²) in [5, 5.41) is 12.2. The molecule has 1 saturated heterocycles. The number of fused-ring (bicyclic) bond motifs is 1. The van der Waals surface area contributed by atoms with Gasteiger partial charge in [-0.3, -0.25) is 19.7 Å². The highest BCUT2D eigenvalue weighted by molar-refractivity contribution is 9.10. The molecule has 216 valence electrons. The molecule has 11 heteroatoms. The number of esters is 2. The lowest BCUT2D eigenvalue weighted by atomic mass is 9.89. The Morgan fingerprint density at radius 2 is 1.83 bits per heavy atom. The molecule has 0 radical (unpaired) electrons. The van der Waals surface area contributed by atoms with E-state index < -0.39 is 46.8 Å². The topological polar surface area (TPSA) is 132 Å². The highest BCUT2D eigenvalue weighted by Crippen LogP contribution is 2.38. The van der Waals surface area contributed by atoms with Crippen molar-refractivity contribution in [2.45, 2.75) is 32.5 Å². The zero-order chi connectivity index (χ0) is 30.0. The number of hydrogen-bond acceptors (Lipinski definition) is 7. The Kier molecular flexibility index (Phi) is 8.13. The Balaban J connectivity index is 1.31. The summed E-state index contributed by atoms with van der Waals surface area (Å²) in [5.74, 6) is -3.01. The summed E-state index contributed by atoms with van der Waals surface area (Å²) in [6.45, 7) is 3.28.